The average molecular weight is 238 g/mol. The van der Waals surface area contributed by atoms with Crippen LogP contribution in [0.15, 0.2) is 0 Å². The van der Waals surface area contributed by atoms with E-state index in [1.807, 2.05) is 0 Å². The lowest BCUT2D eigenvalue weighted by atomic mass is 9.99. The summed E-state index contributed by atoms with van der Waals surface area (Å²) in [5.74, 6) is 0. The van der Waals surface area contributed by atoms with Gasteiger partial charge in [0.1, 0.15) is 24.4 Å². The molecule has 1 heterocycles. The Morgan fingerprint density at radius 2 is 1.88 bits per heavy atom. The van der Waals surface area contributed by atoms with E-state index in [0.717, 1.165) is 7.11 Å². The zero-order valence-electron chi connectivity index (χ0n) is 8.52. The van der Waals surface area contributed by atoms with Crippen LogP contribution in [0, 0.1) is 0 Å². The van der Waals surface area contributed by atoms with E-state index in [9.17, 15) is 20.1 Å². The Hall–Kier alpha value is -0.930. The van der Waals surface area contributed by atoms with Crippen molar-refractivity contribution in [2.75, 3.05) is 13.7 Å². The second-order valence-corrected chi connectivity index (χ2v) is 3.27. The molecular formula is C8H14O8. The van der Waals surface area contributed by atoms with Gasteiger partial charge in [0.2, 0.25) is 6.29 Å². The predicted molar refractivity (Wildman–Crippen MR) is 47.3 cm³/mol. The minimum atomic E-state index is -1.61. The van der Waals surface area contributed by atoms with Crippen LogP contribution < -0.4 is 0 Å². The van der Waals surface area contributed by atoms with Gasteiger partial charge in [-0.15, -0.1) is 0 Å². The molecule has 0 spiro atoms. The lowest BCUT2D eigenvalue weighted by Gasteiger charge is -2.38. The largest absolute Gasteiger partial charge is 0.510 e. The van der Waals surface area contributed by atoms with E-state index in [-0.39, 0.29) is 0 Å². The second-order valence-electron chi connectivity index (χ2n) is 3.27. The number of hydrogen-bond acceptors (Lipinski definition) is 8. The zero-order valence-corrected chi connectivity index (χ0v) is 8.52. The van der Waals surface area contributed by atoms with Crippen molar-refractivity contribution in [1.29, 1.82) is 0 Å². The standard InChI is InChI=1S/C8H14O8/c1-14-8(13)16-7-6(12)5(11)4(10)3(2-9)15-7/h3-7,9-12H,2H2,1H3/t3-,4-,5+,6-,7+/m1/s1. The molecule has 0 aliphatic carbocycles. The molecule has 0 aromatic rings. The molecule has 94 valence electrons. The first-order valence-electron chi connectivity index (χ1n) is 4.56. The number of methoxy groups -OCH3 is 1. The number of hydrogen-bond donors (Lipinski definition) is 4. The highest BCUT2D eigenvalue weighted by atomic mass is 16.8. The van der Waals surface area contributed by atoms with E-state index in [1.54, 1.807) is 0 Å². The van der Waals surface area contributed by atoms with Gasteiger partial charge in [-0.3, -0.25) is 0 Å². The van der Waals surface area contributed by atoms with Gasteiger partial charge >= 0.3 is 6.16 Å². The van der Waals surface area contributed by atoms with Crippen LogP contribution in [0.5, 0.6) is 0 Å². The van der Waals surface area contributed by atoms with Crippen molar-refractivity contribution >= 4 is 6.16 Å². The molecule has 8 nitrogen and oxygen atoms in total. The van der Waals surface area contributed by atoms with Crippen LogP contribution in [0.3, 0.4) is 0 Å². The van der Waals surface area contributed by atoms with Gasteiger partial charge in [-0.2, -0.15) is 0 Å². The zero-order chi connectivity index (χ0) is 12.3. The lowest BCUT2D eigenvalue weighted by molar-refractivity contribution is -0.288. The molecule has 0 unspecified atom stereocenters. The van der Waals surface area contributed by atoms with Crippen molar-refractivity contribution in [3.8, 4) is 0 Å². The van der Waals surface area contributed by atoms with Gasteiger partial charge in [-0.25, -0.2) is 4.79 Å². The maximum absolute atomic E-state index is 10.8. The minimum Gasteiger partial charge on any atom is -0.438 e. The second kappa shape index (κ2) is 5.41. The van der Waals surface area contributed by atoms with Crippen LogP contribution in [-0.4, -0.2) is 71.0 Å². The predicted octanol–water partition coefficient (Wildman–Crippen LogP) is -2.43. The molecule has 1 fully saturated rings. The van der Waals surface area contributed by atoms with Crippen molar-refractivity contribution in [3.05, 3.63) is 0 Å². The molecule has 1 saturated heterocycles. The van der Waals surface area contributed by atoms with Crippen LogP contribution in [-0.2, 0) is 14.2 Å². The Kier molecular flexibility index (Phi) is 4.44. The SMILES string of the molecule is COC(=O)O[C@@H]1O[C@H](CO)[C@@H](O)[C@H](O)[C@H]1O. The van der Waals surface area contributed by atoms with Gasteiger partial charge in [0, 0.05) is 0 Å². The number of carbonyl (C=O) groups is 1. The number of carbonyl (C=O) groups excluding carboxylic acids is 1. The fourth-order valence-corrected chi connectivity index (χ4v) is 1.31. The molecule has 16 heavy (non-hydrogen) atoms. The molecule has 0 aromatic heterocycles. The van der Waals surface area contributed by atoms with Gasteiger partial charge in [0.05, 0.1) is 13.7 Å². The number of ether oxygens (including phenoxy) is 3. The van der Waals surface area contributed by atoms with E-state index < -0.39 is 43.5 Å². The molecule has 0 amide bonds. The first-order chi connectivity index (χ1) is 7.51. The van der Waals surface area contributed by atoms with Crippen molar-refractivity contribution < 1.29 is 39.4 Å². The monoisotopic (exact) mass is 238 g/mol. The minimum absolute atomic E-state index is 0.591. The van der Waals surface area contributed by atoms with Crippen LogP contribution in [0.2, 0.25) is 0 Å². The molecule has 0 aromatic carbocycles. The summed E-state index contributed by atoms with van der Waals surface area (Å²) in [4.78, 5) is 10.8. The highest BCUT2D eigenvalue weighted by molar-refractivity contribution is 5.59. The van der Waals surface area contributed by atoms with Crippen molar-refractivity contribution in [2.24, 2.45) is 0 Å². The van der Waals surface area contributed by atoms with Crippen LogP contribution in [0.1, 0.15) is 0 Å². The normalized spacial score (nSPS) is 39.2. The maximum Gasteiger partial charge on any atom is 0.510 e. The molecule has 1 aliphatic heterocycles. The Morgan fingerprint density at radius 1 is 1.25 bits per heavy atom. The smallest absolute Gasteiger partial charge is 0.438 e. The fraction of sp³-hybridized carbons (Fsp3) is 0.875. The molecule has 0 saturated carbocycles. The van der Waals surface area contributed by atoms with Crippen molar-refractivity contribution in [1.82, 2.24) is 0 Å². The van der Waals surface area contributed by atoms with Crippen molar-refractivity contribution in [3.63, 3.8) is 0 Å². The summed E-state index contributed by atoms with van der Waals surface area (Å²) in [6.45, 7) is -0.591. The Bertz CT molecular complexity index is 242. The summed E-state index contributed by atoms with van der Waals surface area (Å²) in [5, 5.41) is 37.0. The molecule has 0 radical (unpaired) electrons. The number of aliphatic hydroxyl groups excluding tert-OH is 4. The highest BCUT2D eigenvalue weighted by Gasteiger charge is 2.45. The summed E-state index contributed by atoms with van der Waals surface area (Å²) in [6, 6.07) is 0. The van der Waals surface area contributed by atoms with Gasteiger partial charge in [-0.05, 0) is 0 Å². The third kappa shape index (κ3) is 2.60. The molecule has 1 aliphatic rings. The Labute approximate surface area is 91.0 Å². The maximum atomic E-state index is 10.8. The first kappa shape index (κ1) is 13.1. The number of aliphatic hydroxyl groups is 4. The summed E-state index contributed by atoms with van der Waals surface area (Å²) >= 11 is 0. The van der Waals surface area contributed by atoms with Gasteiger partial charge < -0.3 is 34.6 Å². The lowest BCUT2D eigenvalue weighted by Crippen LogP contribution is -2.59. The molecular weight excluding hydrogens is 224 g/mol. The number of rotatable bonds is 2. The molecule has 4 N–H and O–H groups in total. The Balaban J connectivity index is 2.67. The van der Waals surface area contributed by atoms with E-state index in [2.05, 4.69) is 9.47 Å². The van der Waals surface area contributed by atoms with E-state index in [1.165, 1.54) is 0 Å². The van der Waals surface area contributed by atoms with Crippen LogP contribution >= 0.6 is 0 Å². The fourth-order valence-electron chi connectivity index (χ4n) is 1.31. The van der Waals surface area contributed by atoms with E-state index in [0.29, 0.717) is 0 Å². The topological polar surface area (TPSA) is 126 Å². The molecule has 8 heteroatoms. The molecule has 1 rings (SSSR count). The van der Waals surface area contributed by atoms with E-state index >= 15 is 0 Å². The quantitative estimate of drug-likeness (QED) is 0.391. The summed E-state index contributed by atoms with van der Waals surface area (Å²) in [6.07, 6.45) is -8.41. The van der Waals surface area contributed by atoms with E-state index in [4.69, 9.17) is 9.84 Å². The summed E-state index contributed by atoms with van der Waals surface area (Å²) in [7, 11) is 1.06. The third-order valence-corrected chi connectivity index (χ3v) is 2.23. The third-order valence-electron chi connectivity index (χ3n) is 2.23. The van der Waals surface area contributed by atoms with Gasteiger partial charge in [0.25, 0.3) is 0 Å². The van der Waals surface area contributed by atoms with Crippen LogP contribution in [0.4, 0.5) is 4.79 Å². The summed E-state index contributed by atoms with van der Waals surface area (Å²) in [5.41, 5.74) is 0. The highest BCUT2D eigenvalue weighted by Crippen LogP contribution is 2.22. The van der Waals surface area contributed by atoms with Crippen LogP contribution in [0.25, 0.3) is 0 Å². The molecule has 0 bridgehead atoms. The van der Waals surface area contributed by atoms with Crippen molar-refractivity contribution in [2.45, 2.75) is 30.7 Å². The van der Waals surface area contributed by atoms with Gasteiger partial charge in [-0.1, -0.05) is 0 Å². The first-order valence-corrected chi connectivity index (χ1v) is 4.56. The average Bonchev–Trinajstić information content (AvgIpc) is 2.29. The Morgan fingerprint density at radius 3 is 2.38 bits per heavy atom. The summed E-state index contributed by atoms with van der Waals surface area (Å²) < 4.78 is 13.5. The molecule has 5 atom stereocenters. The van der Waals surface area contributed by atoms with Gasteiger partial charge in [0.15, 0.2) is 0 Å².